The van der Waals surface area contributed by atoms with Crippen LogP contribution in [0.3, 0.4) is 0 Å². The maximum Gasteiger partial charge on any atom is 0.323 e. The summed E-state index contributed by atoms with van der Waals surface area (Å²) in [5.74, 6) is 0. The van der Waals surface area contributed by atoms with Gasteiger partial charge < -0.3 is 10.6 Å². The molecule has 2 N–H and O–H groups in total. The molecule has 0 saturated heterocycles. The Labute approximate surface area is 125 Å². The van der Waals surface area contributed by atoms with Gasteiger partial charge in [0.2, 0.25) is 0 Å². The van der Waals surface area contributed by atoms with Gasteiger partial charge >= 0.3 is 6.03 Å². The van der Waals surface area contributed by atoms with Crippen molar-refractivity contribution in [1.82, 2.24) is 0 Å². The zero-order valence-corrected chi connectivity index (χ0v) is 11.8. The summed E-state index contributed by atoms with van der Waals surface area (Å²) in [5.41, 5.74) is 1.26. The first-order valence-corrected chi connectivity index (χ1v) is 6.43. The van der Waals surface area contributed by atoms with Crippen molar-refractivity contribution in [3.8, 4) is 0 Å². The molecular weight excluding hydrogens is 294 g/mol. The number of urea groups is 1. The fraction of sp³-hybridized carbons (Fsp3) is 0.0714. The molecule has 0 heterocycles. The molecule has 2 rings (SSSR count). The number of hydrogen-bond donors (Lipinski definition) is 2. The molecule has 0 atom stereocenters. The Morgan fingerprint density at radius 2 is 1.90 bits per heavy atom. The van der Waals surface area contributed by atoms with Gasteiger partial charge in [0.15, 0.2) is 0 Å². The van der Waals surface area contributed by atoms with Crippen molar-refractivity contribution in [1.29, 1.82) is 0 Å². The molecule has 0 radical (unpaired) electrons. The van der Waals surface area contributed by atoms with E-state index >= 15 is 0 Å². The standard InChI is InChI=1S/C14H12ClN3O3/c1-9-12(6-3-7-13(9)18(20)21)17-14(19)16-11-5-2-4-10(15)8-11/h2-8H,1H3,(H2,16,17,19). The molecular formula is C14H12ClN3O3. The van der Waals surface area contributed by atoms with Gasteiger partial charge in [-0.3, -0.25) is 10.1 Å². The van der Waals surface area contributed by atoms with Crippen LogP contribution in [-0.4, -0.2) is 11.0 Å². The van der Waals surface area contributed by atoms with Crippen molar-refractivity contribution < 1.29 is 9.72 Å². The summed E-state index contributed by atoms with van der Waals surface area (Å²) in [7, 11) is 0. The second-order valence-corrected chi connectivity index (χ2v) is 4.73. The summed E-state index contributed by atoms with van der Waals surface area (Å²) < 4.78 is 0. The first-order valence-electron chi connectivity index (χ1n) is 6.05. The Hall–Kier alpha value is -2.60. The monoisotopic (exact) mass is 305 g/mol. The minimum Gasteiger partial charge on any atom is -0.308 e. The lowest BCUT2D eigenvalue weighted by Gasteiger charge is -2.10. The van der Waals surface area contributed by atoms with Crippen molar-refractivity contribution in [2.24, 2.45) is 0 Å². The second-order valence-electron chi connectivity index (χ2n) is 4.30. The number of benzene rings is 2. The first kappa shape index (κ1) is 14.8. The molecule has 6 nitrogen and oxygen atoms in total. The van der Waals surface area contributed by atoms with E-state index in [2.05, 4.69) is 10.6 Å². The largest absolute Gasteiger partial charge is 0.323 e. The minimum absolute atomic E-state index is 0.0458. The molecule has 2 aromatic rings. The summed E-state index contributed by atoms with van der Waals surface area (Å²) in [6.45, 7) is 1.58. The summed E-state index contributed by atoms with van der Waals surface area (Å²) in [6, 6.07) is 10.7. The van der Waals surface area contributed by atoms with E-state index in [0.717, 1.165) is 0 Å². The zero-order chi connectivity index (χ0) is 15.4. The normalized spacial score (nSPS) is 10.0. The third kappa shape index (κ3) is 3.70. The number of nitrogens with one attached hydrogen (secondary N) is 2. The van der Waals surface area contributed by atoms with E-state index in [4.69, 9.17) is 11.6 Å². The molecule has 2 amide bonds. The van der Waals surface area contributed by atoms with Crippen LogP contribution in [0.4, 0.5) is 21.9 Å². The molecule has 0 bridgehead atoms. The van der Waals surface area contributed by atoms with Crippen molar-refractivity contribution in [2.75, 3.05) is 10.6 Å². The molecule has 21 heavy (non-hydrogen) atoms. The van der Waals surface area contributed by atoms with Gasteiger partial charge in [-0.2, -0.15) is 0 Å². The number of carbonyl (C=O) groups is 1. The number of amides is 2. The van der Waals surface area contributed by atoms with Crippen LogP contribution in [0.15, 0.2) is 42.5 Å². The minimum atomic E-state index is -0.499. The van der Waals surface area contributed by atoms with Gasteiger partial charge in [0.1, 0.15) is 0 Å². The van der Waals surface area contributed by atoms with Gasteiger partial charge in [0, 0.05) is 16.8 Å². The summed E-state index contributed by atoms with van der Waals surface area (Å²) >= 11 is 5.82. The highest BCUT2D eigenvalue weighted by molar-refractivity contribution is 6.30. The number of hydrogen-bond acceptors (Lipinski definition) is 3. The summed E-state index contributed by atoms with van der Waals surface area (Å²) in [5, 5.41) is 16.5. The third-order valence-electron chi connectivity index (χ3n) is 2.83. The Morgan fingerprint density at radius 1 is 1.19 bits per heavy atom. The fourth-order valence-corrected chi connectivity index (χ4v) is 2.00. The number of rotatable bonds is 3. The molecule has 0 spiro atoms. The Kier molecular flexibility index (Phi) is 4.39. The molecule has 0 aliphatic rings. The highest BCUT2D eigenvalue weighted by Gasteiger charge is 2.14. The lowest BCUT2D eigenvalue weighted by molar-refractivity contribution is -0.385. The van der Waals surface area contributed by atoms with Crippen LogP contribution in [0.25, 0.3) is 0 Å². The van der Waals surface area contributed by atoms with Crippen LogP contribution in [-0.2, 0) is 0 Å². The Bertz CT molecular complexity index is 704. The van der Waals surface area contributed by atoms with Gasteiger partial charge in [0.25, 0.3) is 5.69 Å². The number of anilines is 2. The van der Waals surface area contributed by atoms with Crippen LogP contribution < -0.4 is 10.6 Å². The van der Waals surface area contributed by atoms with Gasteiger partial charge in [-0.25, -0.2) is 4.79 Å². The topological polar surface area (TPSA) is 84.3 Å². The van der Waals surface area contributed by atoms with E-state index in [0.29, 0.717) is 22.0 Å². The number of carbonyl (C=O) groups excluding carboxylic acids is 1. The SMILES string of the molecule is Cc1c(NC(=O)Nc2cccc(Cl)c2)cccc1[N+](=O)[O-]. The summed E-state index contributed by atoms with van der Waals surface area (Å²) in [4.78, 5) is 22.3. The van der Waals surface area contributed by atoms with Crippen molar-refractivity contribution in [2.45, 2.75) is 6.92 Å². The van der Waals surface area contributed by atoms with Crippen molar-refractivity contribution in [3.63, 3.8) is 0 Å². The molecule has 0 aromatic heterocycles. The van der Waals surface area contributed by atoms with Crippen LogP contribution in [0, 0.1) is 17.0 Å². The van der Waals surface area contributed by atoms with Gasteiger partial charge in [-0.05, 0) is 31.2 Å². The van der Waals surface area contributed by atoms with Crippen LogP contribution in [0.2, 0.25) is 5.02 Å². The fourth-order valence-electron chi connectivity index (χ4n) is 1.81. The zero-order valence-electron chi connectivity index (χ0n) is 11.1. The third-order valence-corrected chi connectivity index (χ3v) is 3.07. The predicted molar refractivity (Wildman–Crippen MR) is 81.9 cm³/mol. The van der Waals surface area contributed by atoms with E-state index in [1.807, 2.05) is 0 Å². The average molecular weight is 306 g/mol. The van der Waals surface area contributed by atoms with Crippen LogP contribution >= 0.6 is 11.6 Å². The lowest BCUT2D eigenvalue weighted by Crippen LogP contribution is -2.20. The first-order chi connectivity index (χ1) is 9.97. The smallest absolute Gasteiger partial charge is 0.308 e. The average Bonchev–Trinajstić information content (AvgIpc) is 2.40. The van der Waals surface area contributed by atoms with E-state index < -0.39 is 11.0 Å². The molecule has 2 aromatic carbocycles. The number of halogens is 1. The van der Waals surface area contributed by atoms with Crippen molar-refractivity contribution >= 4 is 34.7 Å². The number of nitrogens with zero attached hydrogens (tertiary/aromatic N) is 1. The predicted octanol–water partition coefficient (Wildman–Crippen LogP) is 4.20. The van der Waals surface area contributed by atoms with Gasteiger partial charge in [-0.1, -0.05) is 23.7 Å². The molecule has 0 unspecified atom stereocenters. The van der Waals surface area contributed by atoms with Gasteiger partial charge in [0.05, 0.1) is 16.2 Å². The number of nitro benzene ring substituents is 1. The summed E-state index contributed by atoms with van der Waals surface area (Å²) in [6.07, 6.45) is 0. The maximum atomic E-state index is 11.9. The lowest BCUT2D eigenvalue weighted by atomic mass is 10.1. The van der Waals surface area contributed by atoms with E-state index in [1.165, 1.54) is 12.1 Å². The number of nitro groups is 1. The van der Waals surface area contributed by atoms with Crippen LogP contribution in [0.1, 0.15) is 5.56 Å². The van der Waals surface area contributed by atoms with Gasteiger partial charge in [-0.15, -0.1) is 0 Å². The van der Waals surface area contributed by atoms with E-state index in [-0.39, 0.29) is 5.69 Å². The highest BCUT2D eigenvalue weighted by Crippen LogP contribution is 2.25. The Morgan fingerprint density at radius 3 is 2.57 bits per heavy atom. The molecule has 108 valence electrons. The van der Waals surface area contributed by atoms with E-state index in [1.54, 1.807) is 37.3 Å². The van der Waals surface area contributed by atoms with Crippen molar-refractivity contribution in [3.05, 3.63) is 63.2 Å². The van der Waals surface area contributed by atoms with E-state index in [9.17, 15) is 14.9 Å². The quantitative estimate of drug-likeness (QED) is 0.658. The Balaban J connectivity index is 2.13. The second kappa shape index (κ2) is 6.23. The molecule has 0 aliphatic carbocycles. The maximum absolute atomic E-state index is 11.9. The van der Waals surface area contributed by atoms with Crippen LogP contribution in [0.5, 0.6) is 0 Å². The molecule has 0 aliphatic heterocycles. The molecule has 0 saturated carbocycles. The molecule has 7 heteroatoms. The highest BCUT2D eigenvalue weighted by atomic mass is 35.5. The molecule has 0 fully saturated rings.